The fourth-order valence-electron chi connectivity index (χ4n) is 2.20. The maximum atomic E-state index is 5.71. The molecule has 0 heterocycles. The van der Waals surface area contributed by atoms with Crippen LogP contribution in [0.25, 0.3) is 0 Å². The van der Waals surface area contributed by atoms with E-state index in [2.05, 4.69) is 17.0 Å². The highest BCUT2D eigenvalue weighted by molar-refractivity contribution is 5.39. The van der Waals surface area contributed by atoms with Gasteiger partial charge in [0.25, 0.3) is 0 Å². The lowest BCUT2D eigenvalue weighted by Gasteiger charge is -2.22. The fraction of sp³-hybridized carbons (Fsp3) is 0.600. The summed E-state index contributed by atoms with van der Waals surface area (Å²) in [6.45, 7) is 5.92. The molecule has 1 saturated carbocycles. The Morgan fingerprint density at radius 2 is 2.00 bits per heavy atom. The number of rotatable bonds is 8. The second-order valence-electron chi connectivity index (χ2n) is 4.99. The van der Waals surface area contributed by atoms with Crippen LogP contribution < -0.4 is 5.73 Å². The largest absolute Gasteiger partial charge is 0.399 e. The number of anilines is 1. The SMILES string of the molecule is CCOCCCN(Cc1ccc(N)cc1)C1CC1. The van der Waals surface area contributed by atoms with Crippen molar-refractivity contribution < 1.29 is 4.74 Å². The van der Waals surface area contributed by atoms with Gasteiger partial charge in [-0.3, -0.25) is 4.90 Å². The van der Waals surface area contributed by atoms with E-state index in [4.69, 9.17) is 10.5 Å². The van der Waals surface area contributed by atoms with Crippen molar-refractivity contribution >= 4 is 5.69 Å². The lowest BCUT2D eigenvalue weighted by Crippen LogP contribution is -2.27. The number of benzene rings is 1. The first-order valence-corrected chi connectivity index (χ1v) is 6.96. The fourth-order valence-corrected chi connectivity index (χ4v) is 2.20. The highest BCUT2D eigenvalue weighted by Crippen LogP contribution is 2.28. The number of ether oxygens (including phenoxy) is 1. The molecule has 0 atom stereocenters. The minimum Gasteiger partial charge on any atom is -0.399 e. The standard InChI is InChI=1S/C15H24N2O/c1-2-18-11-3-10-17(15-8-9-15)12-13-4-6-14(16)7-5-13/h4-7,15H,2-3,8-12,16H2,1H3. The van der Waals surface area contributed by atoms with E-state index in [1.165, 1.54) is 18.4 Å². The molecular weight excluding hydrogens is 224 g/mol. The molecule has 3 nitrogen and oxygen atoms in total. The minimum absolute atomic E-state index is 0.796. The molecule has 0 amide bonds. The maximum Gasteiger partial charge on any atom is 0.0478 e. The summed E-state index contributed by atoms with van der Waals surface area (Å²) >= 11 is 0. The zero-order valence-electron chi connectivity index (χ0n) is 11.3. The predicted octanol–water partition coefficient (Wildman–Crippen LogP) is 2.66. The van der Waals surface area contributed by atoms with Crippen LogP contribution in [-0.2, 0) is 11.3 Å². The van der Waals surface area contributed by atoms with E-state index in [9.17, 15) is 0 Å². The Balaban J connectivity index is 1.80. The van der Waals surface area contributed by atoms with Crippen molar-refractivity contribution in [1.82, 2.24) is 4.90 Å². The Labute approximate surface area is 110 Å². The van der Waals surface area contributed by atoms with Crippen LogP contribution >= 0.6 is 0 Å². The Kier molecular flexibility index (Phi) is 5.02. The molecule has 1 fully saturated rings. The van der Waals surface area contributed by atoms with E-state index in [1.807, 2.05) is 19.1 Å². The molecule has 100 valence electrons. The first kappa shape index (κ1) is 13.4. The molecule has 1 aliphatic carbocycles. The lowest BCUT2D eigenvalue weighted by atomic mass is 10.2. The molecule has 0 radical (unpaired) electrons. The summed E-state index contributed by atoms with van der Waals surface area (Å²) in [7, 11) is 0. The number of hydrogen-bond acceptors (Lipinski definition) is 3. The average molecular weight is 248 g/mol. The van der Waals surface area contributed by atoms with Crippen LogP contribution in [0.2, 0.25) is 0 Å². The quantitative estimate of drug-likeness (QED) is 0.568. The van der Waals surface area contributed by atoms with Crippen molar-refractivity contribution in [3.05, 3.63) is 29.8 Å². The van der Waals surface area contributed by atoms with Gasteiger partial charge >= 0.3 is 0 Å². The first-order chi connectivity index (χ1) is 8.79. The molecular formula is C15H24N2O. The van der Waals surface area contributed by atoms with Crippen molar-refractivity contribution in [3.8, 4) is 0 Å². The topological polar surface area (TPSA) is 38.5 Å². The summed E-state index contributed by atoms with van der Waals surface area (Å²) in [5.74, 6) is 0. The second kappa shape index (κ2) is 6.76. The molecule has 1 aliphatic rings. The summed E-state index contributed by atoms with van der Waals surface area (Å²) in [6.07, 6.45) is 3.83. The Morgan fingerprint density at radius 1 is 1.28 bits per heavy atom. The molecule has 0 saturated heterocycles. The molecule has 1 aromatic carbocycles. The van der Waals surface area contributed by atoms with Gasteiger partial charge in [0.2, 0.25) is 0 Å². The molecule has 0 aromatic heterocycles. The number of nitrogens with zero attached hydrogens (tertiary/aromatic N) is 1. The summed E-state index contributed by atoms with van der Waals surface area (Å²) in [6, 6.07) is 9.03. The van der Waals surface area contributed by atoms with Crippen LogP contribution in [-0.4, -0.2) is 30.7 Å². The minimum atomic E-state index is 0.796. The smallest absolute Gasteiger partial charge is 0.0478 e. The zero-order chi connectivity index (χ0) is 12.8. The van der Waals surface area contributed by atoms with Crippen molar-refractivity contribution in [2.75, 3.05) is 25.5 Å². The molecule has 0 spiro atoms. The summed E-state index contributed by atoms with van der Waals surface area (Å²) in [5.41, 5.74) is 7.91. The maximum absolute atomic E-state index is 5.71. The van der Waals surface area contributed by atoms with E-state index in [1.54, 1.807) is 0 Å². The van der Waals surface area contributed by atoms with Crippen LogP contribution in [0, 0.1) is 0 Å². The molecule has 0 bridgehead atoms. The number of nitrogens with two attached hydrogens (primary N) is 1. The number of nitrogen functional groups attached to an aromatic ring is 1. The average Bonchev–Trinajstić information content (AvgIpc) is 3.20. The second-order valence-corrected chi connectivity index (χ2v) is 4.99. The van der Waals surface area contributed by atoms with Crippen molar-refractivity contribution in [2.24, 2.45) is 0 Å². The third kappa shape index (κ3) is 4.31. The van der Waals surface area contributed by atoms with Crippen molar-refractivity contribution in [3.63, 3.8) is 0 Å². The molecule has 0 unspecified atom stereocenters. The zero-order valence-corrected chi connectivity index (χ0v) is 11.3. The third-order valence-corrected chi connectivity index (χ3v) is 3.37. The van der Waals surface area contributed by atoms with Gasteiger partial charge < -0.3 is 10.5 Å². The van der Waals surface area contributed by atoms with Crippen LogP contribution in [0.4, 0.5) is 5.69 Å². The Bertz CT molecular complexity index is 346. The highest BCUT2D eigenvalue weighted by Gasteiger charge is 2.28. The highest BCUT2D eigenvalue weighted by atomic mass is 16.5. The Hall–Kier alpha value is -1.06. The normalized spacial score (nSPS) is 15.2. The number of hydrogen-bond donors (Lipinski definition) is 1. The van der Waals surface area contributed by atoms with Gasteiger partial charge in [0.05, 0.1) is 0 Å². The summed E-state index contributed by atoms with van der Waals surface area (Å²) in [4.78, 5) is 2.57. The van der Waals surface area contributed by atoms with Crippen LogP contribution in [0.5, 0.6) is 0 Å². The Morgan fingerprint density at radius 3 is 2.61 bits per heavy atom. The van der Waals surface area contributed by atoms with E-state index in [0.29, 0.717) is 0 Å². The van der Waals surface area contributed by atoms with Crippen molar-refractivity contribution in [2.45, 2.75) is 38.8 Å². The van der Waals surface area contributed by atoms with E-state index < -0.39 is 0 Å². The van der Waals surface area contributed by atoms with Gasteiger partial charge in [-0.15, -0.1) is 0 Å². The van der Waals surface area contributed by atoms with Gasteiger partial charge in [0.1, 0.15) is 0 Å². The van der Waals surface area contributed by atoms with Crippen molar-refractivity contribution in [1.29, 1.82) is 0 Å². The van der Waals surface area contributed by atoms with Gasteiger partial charge in [0.15, 0.2) is 0 Å². The van der Waals surface area contributed by atoms with Crippen LogP contribution in [0.1, 0.15) is 31.7 Å². The summed E-state index contributed by atoms with van der Waals surface area (Å²) < 4.78 is 5.41. The first-order valence-electron chi connectivity index (χ1n) is 6.96. The molecule has 2 rings (SSSR count). The van der Waals surface area contributed by atoms with Gasteiger partial charge in [-0.1, -0.05) is 12.1 Å². The van der Waals surface area contributed by atoms with Crippen LogP contribution in [0.15, 0.2) is 24.3 Å². The molecule has 3 heteroatoms. The molecule has 18 heavy (non-hydrogen) atoms. The molecule has 1 aromatic rings. The van der Waals surface area contributed by atoms with E-state index in [0.717, 1.165) is 44.5 Å². The monoisotopic (exact) mass is 248 g/mol. The summed E-state index contributed by atoms with van der Waals surface area (Å²) in [5, 5.41) is 0. The van der Waals surface area contributed by atoms with Crippen LogP contribution in [0.3, 0.4) is 0 Å². The molecule has 2 N–H and O–H groups in total. The van der Waals surface area contributed by atoms with Gasteiger partial charge in [-0.05, 0) is 43.9 Å². The van der Waals surface area contributed by atoms with Gasteiger partial charge in [-0.2, -0.15) is 0 Å². The van der Waals surface area contributed by atoms with E-state index >= 15 is 0 Å². The third-order valence-electron chi connectivity index (χ3n) is 3.37. The predicted molar refractivity (Wildman–Crippen MR) is 75.4 cm³/mol. The lowest BCUT2D eigenvalue weighted by molar-refractivity contribution is 0.129. The molecule has 0 aliphatic heterocycles. The van der Waals surface area contributed by atoms with Gasteiger partial charge in [-0.25, -0.2) is 0 Å². The van der Waals surface area contributed by atoms with E-state index in [-0.39, 0.29) is 0 Å². The van der Waals surface area contributed by atoms with Gasteiger partial charge in [0, 0.05) is 38.0 Å².